The Morgan fingerprint density at radius 3 is 2.55 bits per heavy atom. The van der Waals surface area contributed by atoms with E-state index in [4.69, 9.17) is 0 Å². The van der Waals surface area contributed by atoms with Crippen LogP contribution >= 0.6 is 15.9 Å². The monoisotopic (exact) mass is 368 g/mol. The van der Waals surface area contributed by atoms with Crippen molar-refractivity contribution in [3.05, 3.63) is 4.60 Å². The Morgan fingerprint density at radius 2 is 2.15 bits per heavy atom. The molecular weight excluding hydrogens is 352 g/mol. The number of hydrogen-bond donors (Lipinski definition) is 1. The van der Waals surface area contributed by atoms with Crippen LogP contribution in [0.5, 0.6) is 0 Å². The van der Waals surface area contributed by atoms with Gasteiger partial charge in [-0.05, 0) is 21.8 Å². The van der Waals surface area contributed by atoms with Crippen LogP contribution in [0.3, 0.4) is 0 Å². The maximum atomic E-state index is 12.3. The second-order valence-corrected chi connectivity index (χ2v) is 6.70. The molecule has 0 aliphatic rings. The zero-order chi connectivity index (χ0) is 15.5. The first-order valence-electron chi connectivity index (χ1n) is 5.89. The Balaban J connectivity index is 3.13. The molecule has 0 bridgehead atoms. The SMILES string of the molecule is CCC(C)C(NS(=O)(=O)c1c(Br)nnn1C)C(=O)OC. The number of aromatic nitrogens is 3. The van der Waals surface area contributed by atoms with Gasteiger partial charge in [-0.15, -0.1) is 5.10 Å². The topological polar surface area (TPSA) is 103 Å². The second kappa shape index (κ2) is 6.64. The lowest BCUT2D eigenvalue weighted by atomic mass is 10.0. The molecule has 0 spiro atoms. The number of ether oxygens (including phenoxy) is 1. The first-order chi connectivity index (χ1) is 9.24. The van der Waals surface area contributed by atoms with Crippen molar-refractivity contribution in [2.75, 3.05) is 7.11 Å². The van der Waals surface area contributed by atoms with Crippen LogP contribution < -0.4 is 4.72 Å². The number of rotatable bonds is 6. The number of esters is 1. The van der Waals surface area contributed by atoms with Gasteiger partial charge in [0, 0.05) is 7.05 Å². The summed E-state index contributed by atoms with van der Waals surface area (Å²) in [6.07, 6.45) is 0.618. The van der Waals surface area contributed by atoms with Crippen LogP contribution in [0.4, 0.5) is 0 Å². The summed E-state index contributed by atoms with van der Waals surface area (Å²) in [7, 11) is -1.28. The van der Waals surface area contributed by atoms with Crippen LogP contribution in [-0.2, 0) is 26.6 Å². The van der Waals surface area contributed by atoms with Crippen molar-refractivity contribution in [2.24, 2.45) is 13.0 Å². The molecule has 0 aliphatic heterocycles. The highest BCUT2D eigenvalue weighted by molar-refractivity contribution is 9.10. The van der Waals surface area contributed by atoms with E-state index in [1.165, 1.54) is 14.2 Å². The third kappa shape index (κ3) is 3.55. The van der Waals surface area contributed by atoms with E-state index in [2.05, 4.69) is 35.7 Å². The molecule has 8 nitrogen and oxygen atoms in total. The van der Waals surface area contributed by atoms with Crippen molar-refractivity contribution in [1.82, 2.24) is 19.7 Å². The van der Waals surface area contributed by atoms with Gasteiger partial charge in [-0.25, -0.2) is 13.1 Å². The number of carbonyl (C=O) groups excluding carboxylic acids is 1. The molecular formula is C10H17BrN4O4S. The normalized spacial score (nSPS) is 14.8. The average Bonchev–Trinajstić information content (AvgIpc) is 2.74. The van der Waals surface area contributed by atoms with Crippen LogP contribution in [0, 0.1) is 5.92 Å². The van der Waals surface area contributed by atoms with Crippen molar-refractivity contribution < 1.29 is 17.9 Å². The van der Waals surface area contributed by atoms with Crippen molar-refractivity contribution >= 4 is 31.9 Å². The summed E-state index contributed by atoms with van der Waals surface area (Å²) in [5.41, 5.74) is 0. The molecule has 1 N–H and O–H groups in total. The maximum absolute atomic E-state index is 12.3. The molecule has 0 amide bonds. The van der Waals surface area contributed by atoms with E-state index in [0.717, 1.165) is 4.68 Å². The predicted octanol–water partition coefficient (Wildman–Crippen LogP) is 0.444. The van der Waals surface area contributed by atoms with Crippen molar-refractivity contribution in [2.45, 2.75) is 31.3 Å². The lowest BCUT2D eigenvalue weighted by Gasteiger charge is -2.21. The van der Waals surface area contributed by atoms with Crippen LogP contribution in [0.15, 0.2) is 9.63 Å². The molecule has 0 radical (unpaired) electrons. The lowest BCUT2D eigenvalue weighted by molar-refractivity contribution is -0.143. The van der Waals surface area contributed by atoms with E-state index in [0.29, 0.717) is 6.42 Å². The van der Waals surface area contributed by atoms with E-state index in [1.54, 1.807) is 6.92 Å². The van der Waals surface area contributed by atoms with E-state index in [-0.39, 0.29) is 15.5 Å². The Hall–Kier alpha value is -1.00. The molecule has 1 heterocycles. The van der Waals surface area contributed by atoms with Crippen molar-refractivity contribution in [3.8, 4) is 0 Å². The van der Waals surface area contributed by atoms with Gasteiger partial charge in [0.15, 0.2) is 4.60 Å². The van der Waals surface area contributed by atoms with Crippen molar-refractivity contribution in [1.29, 1.82) is 0 Å². The van der Waals surface area contributed by atoms with Gasteiger partial charge in [0.2, 0.25) is 5.03 Å². The van der Waals surface area contributed by atoms with Gasteiger partial charge in [0.25, 0.3) is 10.0 Å². The summed E-state index contributed by atoms with van der Waals surface area (Å²) in [6, 6.07) is -0.961. The first kappa shape index (κ1) is 17.1. The summed E-state index contributed by atoms with van der Waals surface area (Å²) in [5, 5.41) is 7.07. The molecule has 0 saturated heterocycles. The number of hydrogen-bond acceptors (Lipinski definition) is 6. The number of halogens is 1. The number of methoxy groups -OCH3 is 1. The predicted molar refractivity (Wildman–Crippen MR) is 74.3 cm³/mol. The molecule has 0 aromatic carbocycles. The smallest absolute Gasteiger partial charge is 0.324 e. The number of carbonyl (C=O) groups is 1. The van der Waals surface area contributed by atoms with Gasteiger partial charge in [-0.2, -0.15) is 4.72 Å². The summed E-state index contributed by atoms with van der Waals surface area (Å²) < 4.78 is 32.9. The number of nitrogens with one attached hydrogen (secondary N) is 1. The number of aryl methyl sites for hydroxylation is 1. The molecule has 10 heteroatoms. The summed E-state index contributed by atoms with van der Waals surface area (Å²) in [5.74, 6) is -0.841. The largest absolute Gasteiger partial charge is 0.468 e. The van der Waals surface area contributed by atoms with Gasteiger partial charge in [0.05, 0.1) is 7.11 Å². The molecule has 2 atom stereocenters. The van der Waals surface area contributed by atoms with Crippen LogP contribution in [-0.4, -0.2) is 42.5 Å². The summed E-state index contributed by atoms with van der Waals surface area (Å²) >= 11 is 3.02. The highest BCUT2D eigenvalue weighted by atomic mass is 79.9. The quantitative estimate of drug-likeness (QED) is 0.730. The van der Waals surface area contributed by atoms with Gasteiger partial charge in [-0.3, -0.25) is 4.79 Å². The third-order valence-electron chi connectivity index (χ3n) is 2.94. The minimum atomic E-state index is -3.95. The maximum Gasteiger partial charge on any atom is 0.324 e. The van der Waals surface area contributed by atoms with Gasteiger partial charge in [0.1, 0.15) is 6.04 Å². The van der Waals surface area contributed by atoms with Gasteiger partial charge >= 0.3 is 5.97 Å². The number of sulfonamides is 1. The summed E-state index contributed by atoms with van der Waals surface area (Å²) in [4.78, 5) is 11.7. The average molecular weight is 369 g/mol. The fraction of sp³-hybridized carbons (Fsp3) is 0.700. The molecule has 2 unspecified atom stereocenters. The minimum Gasteiger partial charge on any atom is -0.468 e. The Morgan fingerprint density at radius 1 is 1.55 bits per heavy atom. The standard InChI is InChI=1S/C10H17BrN4O4S/c1-5-6(2)7(10(16)19-4)13-20(17,18)9-8(11)12-14-15(9)3/h6-7,13H,5H2,1-4H3. The third-order valence-corrected chi connectivity index (χ3v) is 5.27. The minimum absolute atomic E-state index is 0.0836. The molecule has 114 valence electrons. The first-order valence-corrected chi connectivity index (χ1v) is 8.17. The molecule has 1 rings (SSSR count). The Labute approximate surface area is 126 Å². The molecule has 0 aliphatic carbocycles. The zero-order valence-electron chi connectivity index (χ0n) is 11.6. The highest BCUT2D eigenvalue weighted by Crippen LogP contribution is 2.20. The van der Waals surface area contributed by atoms with Gasteiger partial charge in [-0.1, -0.05) is 25.5 Å². The Bertz CT molecular complexity index is 567. The van der Waals surface area contributed by atoms with E-state index >= 15 is 0 Å². The zero-order valence-corrected chi connectivity index (χ0v) is 14.0. The van der Waals surface area contributed by atoms with E-state index in [9.17, 15) is 13.2 Å². The molecule has 0 saturated carbocycles. The Kier molecular flexibility index (Phi) is 5.66. The molecule has 0 fully saturated rings. The highest BCUT2D eigenvalue weighted by Gasteiger charge is 2.33. The van der Waals surface area contributed by atoms with Crippen molar-refractivity contribution in [3.63, 3.8) is 0 Å². The summed E-state index contributed by atoms with van der Waals surface area (Å²) in [6.45, 7) is 3.62. The fourth-order valence-corrected chi connectivity index (χ4v) is 3.98. The van der Waals surface area contributed by atoms with Gasteiger partial charge < -0.3 is 4.74 Å². The van der Waals surface area contributed by atoms with E-state index in [1.807, 2.05) is 6.92 Å². The second-order valence-electron chi connectivity index (χ2n) is 4.32. The van der Waals surface area contributed by atoms with E-state index < -0.39 is 22.0 Å². The molecule has 1 aromatic heterocycles. The molecule has 20 heavy (non-hydrogen) atoms. The fourth-order valence-electron chi connectivity index (χ4n) is 1.59. The number of nitrogens with zero attached hydrogens (tertiary/aromatic N) is 3. The van der Waals surface area contributed by atoms with Crippen LogP contribution in [0.2, 0.25) is 0 Å². The molecule has 1 aromatic rings. The van der Waals surface area contributed by atoms with Crippen LogP contribution in [0.1, 0.15) is 20.3 Å². The lowest BCUT2D eigenvalue weighted by Crippen LogP contribution is -2.46. The van der Waals surface area contributed by atoms with Crippen LogP contribution in [0.25, 0.3) is 0 Å².